The van der Waals surface area contributed by atoms with Gasteiger partial charge >= 0.3 is 6.18 Å². The molecule has 2 amide bonds. The summed E-state index contributed by atoms with van der Waals surface area (Å²) < 4.78 is 74.7. The molecular weight excluding hydrogens is 437 g/mol. The fourth-order valence-corrected chi connectivity index (χ4v) is 3.91. The van der Waals surface area contributed by atoms with Gasteiger partial charge in [0.25, 0.3) is 11.8 Å². The molecule has 0 saturated carbocycles. The first kappa shape index (κ1) is 23.6. The normalized spacial score (nSPS) is 25.6. The van der Waals surface area contributed by atoms with Crippen molar-refractivity contribution in [3.63, 3.8) is 0 Å². The highest BCUT2D eigenvalue weighted by Gasteiger charge is 2.65. The van der Waals surface area contributed by atoms with Crippen LogP contribution in [0.3, 0.4) is 0 Å². The number of ether oxygens (including phenoxy) is 1. The highest BCUT2D eigenvalue weighted by molar-refractivity contribution is 5.97. The van der Waals surface area contributed by atoms with Gasteiger partial charge in [-0.2, -0.15) is 13.2 Å². The van der Waals surface area contributed by atoms with Gasteiger partial charge in [0.15, 0.2) is 17.2 Å². The lowest BCUT2D eigenvalue weighted by atomic mass is 9.76. The quantitative estimate of drug-likeness (QED) is 0.682. The van der Waals surface area contributed by atoms with Gasteiger partial charge in [-0.1, -0.05) is 13.0 Å². The smallest absolute Gasteiger partial charge is 0.364 e. The zero-order valence-corrected chi connectivity index (χ0v) is 17.3. The number of primary amides is 1. The third-order valence-electron chi connectivity index (χ3n) is 5.95. The number of hydrogen-bond donors (Lipinski definition) is 2. The number of alkyl halides is 3. The Labute approximate surface area is 180 Å². The number of pyridine rings is 1. The third-order valence-corrected chi connectivity index (χ3v) is 5.95. The van der Waals surface area contributed by atoms with Crippen molar-refractivity contribution in [3.8, 4) is 0 Å². The first-order chi connectivity index (χ1) is 14.8. The lowest BCUT2D eigenvalue weighted by Gasteiger charge is -2.32. The van der Waals surface area contributed by atoms with Crippen molar-refractivity contribution < 1.29 is 36.3 Å². The van der Waals surface area contributed by atoms with Gasteiger partial charge in [-0.15, -0.1) is 0 Å². The summed E-state index contributed by atoms with van der Waals surface area (Å²) in [7, 11) is 0. The maximum Gasteiger partial charge on any atom is 0.417 e. The van der Waals surface area contributed by atoms with E-state index in [4.69, 9.17) is 10.5 Å². The first-order valence-corrected chi connectivity index (χ1v) is 9.53. The molecule has 1 aromatic carbocycles. The molecule has 0 aliphatic carbocycles. The molecule has 1 saturated heterocycles. The number of amides is 2. The molecule has 32 heavy (non-hydrogen) atoms. The summed E-state index contributed by atoms with van der Waals surface area (Å²) in [6.45, 7) is 3.27. The number of halogens is 5. The molecule has 1 aromatic heterocycles. The zero-order valence-electron chi connectivity index (χ0n) is 17.3. The molecule has 1 unspecified atom stereocenters. The van der Waals surface area contributed by atoms with Crippen LogP contribution in [0, 0.1) is 24.5 Å². The van der Waals surface area contributed by atoms with E-state index in [-0.39, 0.29) is 22.5 Å². The second-order valence-electron chi connectivity index (χ2n) is 7.82. The largest absolute Gasteiger partial charge is 0.417 e. The van der Waals surface area contributed by atoms with Gasteiger partial charge in [0.05, 0.1) is 0 Å². The molecule has 1 aliphatic rings. The number of hydrogen-bond acceptors (Lipinski definition) is 4. The Balaban J connectivity index is 2.05. The van der Waals surface area contributed by atoms with E-state index < -0.39 is 53.2 Å². The number of nitrogens with one attached hydrogen (secondary N) is 1. The molecule has 0 bridgehead atoms. The molecule has 0 spiro atoms. The van der Waals surface area contributed by atoms with Crippen LogP contribution >= 0.6 is 0 Å². The standard InChI is InChI=1S/C21H20F5N3O3/c1-9-12(4-5-13(22)16(9)23)15-10(2)20(3,21(24,25)26)32-17(15)19(31)29-11-6-7-28-14(8-11)18(27)30/h4-8,10,15,17H,1-3H3,(H2,27,30)(H,28,29,31)/t10-,15-,17-,20?/m0/s1. The van der Waals surface area contributed by atoms with Crippen LogP contribution in [0.25, 0.3) is 0 Å². The van der Waals surface area contributed by atoms with Gasteiger partial charge < -0.3 is 15.8 Å². The number of anilines is 1. The van der Waals surface area contributed by atoms with Crippen molar-refractivity contribution in [2.24, 2.45) is 11.7 Å². The number of rotatable bonds is 4. The van der Waals surface area contributed by atoms with Crippen LogP contribution < -0.4 is 11.1 Å². The van der Waals surface area contributed by atoms with E-state index in [9.17, 15) is 31.5 Å². The van der Waals surface area contributed by atoms with Crippen LogP contribution in [-0.4, -0.2) is 34.7 Å². The monoisotopic (exact) mass is 457 g/mol. The van der Waals surface area contributed by atoms with E-state index in [1.165, 1.54) is 26.1 Å². The van der Waals surface area contributed by atoms with Crippen molar-refractivity contribution in [1.82, 2.24) is 4.98 Å². The first-order valence-electron chi connectivity index (χ1n) is 9.53. The molecule has 2 aromatic rings. The highest BCUT2D eigenvalue weighted by atomic mass is 19.4. The highest BCUT2D eigenvalue weighted by Crippen LogP contribution is 2.54. The lowest BCUT2D eigenvalue weighted by Crippen LogP contribution is -2.47. The zero-order chi connectivity index (χ0) is 24.0. The Morgan fingerprint density at radius 1 is 1.22 bits per heavy atom. The van der Waals surface area contributed by atoms with Crippen molar-refractivity contribution in [3.05, 3.63) is 58.9 Å². The molecule has 0 radical (unpaired) electrons. The minimum atomic E-state index is -4.85. The second-order valence-corrected chi connectivity index (χ2v) is 7.82. The molecule has 2 heterocycles. The minimum absolute atomic E-state index is 0.0251. The molecule has 6 nitrogen and oxygen atoms in total. The number of carbonyl (C=O) groups is 2. The van der Waals surface area contributed by atoms with Crippen molar-refractivity contribution in [2.45, 2.75) is 44.6 Å². The van der Waals surface area contributed by atoms with E-state index in [1.54, 1.807) is 0 Å². The van der Waals surface area contributed by atoms with E-state index in [2.05, 4.69) is 10.3 Å². The number of nitrogens with zero attached hydrogens (tertiary/aromatic N) is 1. The van der Waals surface area contributed by atoms with E-state index in [1.807, 2.05) is 0 Å². The maximum absolute atomic E-state index is 14.2. The predicted octanol–water partition coefficient (Wildman–Crippen LogP) is 3.85. The lowest BCUT2D eigenvalue weighted by molar-refractivity contribution is -0.272. The summed E-state index contributed by atoms with van der Waals surface area (Å²) in [5.74, 6) is -6.76. The molecule has 3 rings (SSSR count). The van der Waals surface area contributed by atoms with Crippen LogP contribution in [0.4, 0.5) is 27.6 Å². The number of benzene rings is 1. The Bertz CT molecular complexity index is 1080. The number of aromatic nitrogens is 1. The van der Waals surface area contributed by atoms with E-state index >= 15 is 0 Å². The summed E-state index contributed by atoms with van der Waals surface area (Å²) in [5, 5.41) is 2.39. The van der Waals surface area contributed by atoms with E-state index in [0.29, 0.717) is 0 Å². The van der Waals surface area contributed by atoms with Crippen molar-refractivity contribution in [2.75, 3.05) is 5.32 Å². The average molecular weight is 457 g/mol. The van der Waals surface area contributed by atoms with Gasteiger partial charge in [-0.25, -0.2) is 8.78 Å². The summed E-state index contributed by atoms with van der Waals surface area (Å²) in [6, 6.07) is 4.41. The Morgan fingerprint density at radius 3 is 2.47 bits per heavy atom. The van der Waals surface area contributed by atoms with Gasteiger partial charge in [0.2, 0.25) is 0 Å². The van der Waals surface area contributed by atoms with Crippen LogP contribution in [0.1, 0.15) is 41.4 Å². The summed E-state index contributed by atoms with van der Waals surface area (Å²) in [6.07, 6.45) is -5.35. The summed E-state index contributed by atoms with van der Waals surface area (Å²) >= 11 is 0. The van der Waals surface area contributed by atoms with Gasteiger partial charge in [-0.05, 0) is 43.2 Å². The van der Waals surface area contributed by atoms with Crippen molar-refractivity contribution >= 4 is 17.5 Å². The molecule has 3 N–H and O–H groups in total. The Morgan fingerprint density at radius 2 is 1.88 bits per heavy atom. The predicted molar refractivity (Wildman–Crippen MR) is 104 cm³/mol. The molecule has 11 heteroatoms. The number of carbonyl (C=O) groups excluding carboxylic acids is 2. The summed E-state index contributed by atoms with van der Waals surface area (Å²) in [5.41, 5.74) is 2.11. The van der Waals surface area contributed by atoms with Crippen LogP contribution in [0.2, 0.25) is 0 Å². The van der Waals surface area contributed by atoms with Crippen LogP contribution in [0.15, 0.2) is 30.5 Å². The summed E-state index contributed by atoms with van der Waals surface area (Å²) in [4.78, 5) is 28.0. The average Bonchev–Trinajstić information content (AvgIpc) is 2.99. The fourth-order valence-electron chi connectivity index (χ4n) is 3.91. The van der Waals surface area contributed by atoms with E-state index in [0.717, 1.165) is 25.1 Å². The third kappa shape index (κ3) is 3.92. The van der Waals surface area contributed by atoms with Gasteiger partial charge in [0.1, 0.15) is 11.8 Å². The van der Waals surface area contributed by atoms with Crippen LogP contribution in [0.5, 0.6) is 0 Å². The fraction of sp³-hybridized carbons (Fsp3) is 0.381. The Kier molecular flexibility index (Phi) is 5.98. The molecule has 1 aliphatic heterocycles. The molecule has 172 valence electrons. The molecule has 4 atom stereocenters. The minimum Gasteiger partial charge on any atom is -0.364 e. The molecule has 1 fully saturated rings. The Hall–Kier alpha value is -3.08. The SMILES string of the molecule is Cc1c([C@H]2[C@@H](C(=O)Nc3ccnc(C(N)=O)c3)OC(C)(C(F)(F)F)[C@H]2C)ccc(F)c1F. The van der Waals surface area contributed by atoms with Crippen LogP contribution in [-0.2, 0) is 9.53 Å². The topological polar surface area (TPSA) is 94.3 Å². The maximum atomic E-state index is 14.2. The van der Waals surface area contributed by atoms with Crippen molar-refractivity contribution in [1.29, 1.82) is 0 Å². The second kappa shape index (κ2) is 8.12. The number of nitrogens with two attached hydrogens (primary N) is 1. The van der Waals surface area contributed by atoms with Gasteiger partial charge in [-0.3, -0.25) is 14.6 Å². The van der Waals surface area contributed by atoms with Gasteiger partial charge in [0, 0.05) is 23.7 Å². The molecular formula is C21H20F5N3O3.